The molecule has 0 fully saturated rings. The van der Waals surface area contributed by atoms with E-state index in [2.05, 4.69) is 5.10 Å². The van der Waals surface area contributed by atoms with Crippen molar-refractivity contribution >= 4 is 5.82 Å². The van der Waals surface area contributed by atoms with E-state index in [-0.39, 0.29) is 5.75 Å². The summed E-state index contributed by atoms with van der Waals surface area (Å²) < 4.78 is 25.7. The van der Waals surface area contributed by atoms with Gasteiger partial charge in [0, 0.05) is 24.2 Å². The van der Waals surface area contributed by atoms with Crippen LogP contribution in [0, 0.1) is 5.82 Å². The van der Waals surface area contributed by atoms with Crippen molar-refractivity contribution in [3.8, 4) is 22.6 Å². The van der Waals surface area contributed by atoms with Gasteiger partial charge in [-0.3, -0.25) is 4.68 Å². The van der Waals surface area contributed by atoms with Gasteiger partial charge in [0.15, 0.2) is 11.6 Å². The number of methoxy groups -OCH3 is 2. The van der Waals surface area contributed by atoms with Crippen LogP contribution in [0.5, 0.6) is 11.5 Å². The van der Waals surface area contributed by atoms with Crippen LogP contribution < -0.4 is 15.2 Å². The summed E-state index contributed by atoms with van der Waals surface area (Å²) >= 11 is 0. The van der Waals surface area contributed by atoms with Crippen LogP contribution in [0.4, 0.5) is 10.2 Å². The predicted octanol–water partition coefficient (Wildman–Crippen LogP) is 1.83. The third-order valence-electron chi connectivity index (χ3n) is 2.74. The van der Waals surface area contributed by atoms with Crippen LogP contribution >= 0.6 is 0 Å². The number of nitrogen functional groups attached to an aromatic ring is 1. The summed E-state index contributed by atoms with van der Waals surface area (Å²) in [5, 5.41) is 3.99. The van der Waals surface area contributed by atoms with Gasteiger partial charge in [0.2, 0.25) is 0 Å². The van der Waals surface area contributed by atoms with Gasteiger partial charge in [0.05, 0.1) is 20.4 Å². The molecule has 1 heterocycles. The summed E-state index contributed by atoms with van der Waals surface area (Å²) in [5.41, 5.74) is 6.65. The van der Waals surface area contributed by atoms with Crippen LogP contribution in [0.25, 0.3) is 11.1 Å². The highest BCUT2D eigenvalue weighted by Gasteiger charge is 2.17. The Hall–Kier alpha value is -2.24. The van der Waals surface area contributed by atoms with E-state index in [0.29, 0.717) is 22.7 Å². The van der Waals surface area contributed by atoms with E-state index in [4.69, 9.17) is 15.2 Å². The summed E-state index contributed by atoms with van der Waals surface area (Å²) in [7, 11) is 4.59. The topological polar surface area (TPSA) is 62.3 Å². The fourth-order valence-electron chi connectivity index (χ4n) is 1.69. The Balaban J connectivity index is 2.66. The first-order valence-corrected chi connectivity index (χ1v) is 5.27. The maximum atomic E-state index is 14.2. The van der Waals surface area contributed by atoms with Crippen molar-refractivity contribution in [3.05, 3.63) is 24.1 Å². The van der Waals surface area contributed by atoms with Crippen molar-refractivity contribution in [1.82, 2.24) is 9.78 Å². The molecule has 2 N–H and O–H groups in total. The zero-order valence-corrected chi connectivity index (χ0v) is 10.4. The van der Waals surface area contributed by atoms with Crippen molar-refractivity contribution in [3.63, 3.8) is 0 Å². The number of rotatable bonds is 3. The molecule has 0 unspecified atom stereocenters. The first-order valence-electron chi connectivity index (χ1n) is 5.27. The molecule has 2 rings (SSSR count). The minimum atomic E-state index is -0.488. The maximum absolute atomic E-state index is 14.2. The number of aromatic nitrogens is 2. The zero-order valence-electron chi connectivity index (χ0n) is 10.4. The lowest BCUT2D eigenvalue weighted by molar-refractivity contribution is 0.375. The van der Waals surface area contributed by atoms with E-state index in [1.165, 1.54) is 31.2 Å². The minimum absolute atomic E-state index is 0.104. The number of hydrogen-bond donors (Lipinski definition) is 1. The molecular formula is C12H14FN3O2. The van der Waals surface area contributed by atoms with Crippen LogP contribution in [-0.4, -0.2) is 24.0 Å². The van der Waals surface area contributed by atoms with Crippen molar-refractivity contribution in [2.45, 2.75) is 0 Å². The molecule has 96 valence electrons. The molecule has 0 aliphatic heterocycles. The Bertz CT molecular complexity index is 581. The molecule has 0 aliphatic rings. The van der Waals surface area contributed by atoms with Crippen LogP contribution in [0.2, 0.25) is 0 Å². The quantitative estimate of drug-likeness (QED) is 0.903. The first kappa shape index (κ1) is 12.2. The van der Waals surface area contributed by atoms with E-state index in [1.54, 1.807) is 13.1 Å². The SMILES string of the molecule is COc1cc(OC)c(F)c(-c2cnn(C)c2N)c1. The molecule has 0 atom stereocenters. The number of nitrogens with two attached hydrogens (primary N) is 1. The van der Waals surface area contributed by atoms with Gasteiger partial charge in [-0.05, 0) is 6.07 Å². The van der Waals surface area contributed by atoms with Crippen LogP contribution in [0.15, 0.2) is 18.3 Å². The number of ether oxygens (including phenoxy) is 2. The molecule has 0 radical (unpaired) electrons. The third kappa shape index (κ3) is 1.85. The average molecular weight is 251 g/mol. The van der Waals surface area contributed by atoms with Crippen LogP contribution in [0.1, 0.15) is 0 Å². The molecule has 0 aliphatic carbocycles. The Morgan fingerprint density at radius 3 is 2.44 bits per heavy atom. The number of nitrogens with zero attached hydrogens (tertiary/aromatic N) is 2. The average Bonchev–Trinajstić information content (AvgIpc) is 2.70. The van der Waals surface area contributed by atoms with Gasteiger partial charge in [-0.25, -0.2) is 4.39 Å². The highest BCUT2D eigenvalue weighted by atomic mass is 19.1. The minimum Gasteiger partial charge on any atom is -0.497 e. The van der Waals surface area contributed by atoms with Gasteiger partial charge >= 0.3 is 0 Å². The lowest BCUT2D eigenvalue weighted by atomic mass is 10.1. The van der Waals surface area contributed by atoms with Crippen molar-refractivity contribution in [2.24, 2.45) is 7.05 Å². The highest BCUT2D eigenvalue weighted by Crippen LogP contribution is 2.36. The maximum Gasteiger partial charge on any atom is 0.173 e. The Morgan fingerprint density at radius 1 is 1.22 bits per heavy atom. The second-order valence-corrected chi connectivity index (χ2v) is 3.76. The van der Waals surface area contributed by atoms with Crippen LogP contribution in [0.3, 0.4) is 0 Å². The molecule has 0 saturated heterocycles. The van der Waals surface area contributed by atoms with Gasteiger partial charge in [-0.1, -0.05) is 0 Å². The molecule has 6 heteroatoms. The van der Waals surface area contributed by atoms with Gasteiger partial charge in [-0.15, -0.1) is 0 Å². The second kappa shape index (κ2) is 4.56. The van der Waals surface area contributed by atoms with E-state index in [0.717, 1.165) is 0 Å². The zero-order chi connectivity index (χ0) is 13.3. The summed E-state index contributed by atoms with van der Waals surface area (Å²) in [6, 6.07) is 3.04. The Kier molecular flexibility index (Phi) is 3.10. The molecule has 0 bridgehead atoms. The summed E-state index contributed by atoms with van der Waals surface area (Å²) in [6.07, 6.45) is 1.51. The largest absolute Gasteiger partial charge is 0.497 e. The summed E-state index contributed by atoms with van der Waals surface area (Å²) in [6.45, 7) is 0. The van der Waals surface area contributed by atoms with Crippen LogP contribution in [-0.2, 0) is 7.05 Å². The fraction of sp³-hybridized carbons (Fsp3) is 0.250. The number of anilines is 1. The normalized spacial score (nSPS) is 10.4. The van der Waals surface area contributed by atoms with E-state index < -0.39 is 5.82 Å². The molecule has 5 nitrogen and oxygen atoms in total. The third-order valence-corrected chi connectivity index (χ3v) is 2.74. The molecule has 18 heavy (non-hydrogen) atoms. The number of aryl methyl sites for hydroxylation is 1. The second-order valence-electron chi connectivity index (χ2n) is 3.76. The molecular weight excluding hydrogens is 237 g/mol. The molecule has 2 aromatic rings. The number of benzene rings is 1. The monoisotopic (exact) mass is 251 g/mol. The fourth-order valence-corrected chi connectivity index (χ4v) is 1.69. The first-order chi connectivity index (χ1) is 8.58. The molecule has 0 amide bonds. The van der Waals surface area contributed by atoms with E-state index in [9.17, 15) is 4.39 Å². The van der Waals surface area contributed by atoms with Crippen molar-refractivity contribution in [2.75, 3.05) is 20.0 Å². The highest BCUT2D eigenvalue weighted by molar-refractivity contribution is 5.76. The lowest BCUT2D eigenvalue weighted by Gasteiger charge is -2.10. The summed E-state index contributed by atoms with van der Waals surface area (Å²) in [4.78, 5) is 0. The smallest absolute Gasteiger partial charge is 0.173 e. The Morgan fingerprint density at radius 2 is 1.94 bits per heavy atom. The van der Waals surface area contributed by atoms with Gasteiger partial charge in [0.1, 0.15) is 11.6 Å². The number of hydrogen-bond acceptors (Lipinski definition) is 4. The van der Waals surface area contributed by atoms with Crippen molar-refractivity contribution in [1.29, 1.82) is 0 Å². The van der Waals surface area contributed by atoms with Gasteiger partial charge < -0.3 is 15.2 Å². The molecule has 0 spiro atoms. The number of halogens is 1. The predicted molar refractivity (Wildman–Crippen MR) is 66.1 cm³/mol. The van der Waals surface area contributed by atoms with Gasteiger partial charge in [0.25, 0.3) is 0 Å². The summed E-state index contributed by atoms with van der Waals surface area (Å²) in [5.74, 6) is 0.487. The van der Waals surface area contributed by atoms with Gasteiger partial charge in [-0.2, -0.15) is 5.10 Å². The molecule has 0 saturated carbocycles. The lowest BCUT2D eigenvalue weighted by Crippen LogP contribution is -1.99. The standard InChI is InChI=1S/C12H14FN3O2/c1-16-12(14)9(6-15-16)8-4-7(17-2)5-10(18-3)11(8)13/h4-6H,14H2,1-3H3. The Labute approximate surface area is 104 Å². The van der Waals surface area contributed by atoms with Crippen molar-refractivity contribution < 1.29 is 13.9 Å². The molecule has 1 aromatic carbocycles. The molecule has 1 aromatic heterocycles. The van der Waals surface area contributed by atoms with E-state index in [1.807, 2.05) is 0 Å². The van der Waals surface area contributed by atoms with E-state index >= 15 is 0 Å².